The molecular formula is C16H15F3N4O3. The van der Waals surface area contributed by atoms with E-state index in [-0.39, 0.29) is 29.1 Å². The van der Waals surface area contributed by atoms with Crippen molar-refractivity contribution in [2.75, 3.05) is 25.0 Å². The van der Waals surface area contributed by atoms with Crippen LogP contribution < -0.4 is 10.6 Å². The van der Waals surface area contributed by atoms with Crippen LogP contribution in [0.5, 0.6) is 0 Å². The van der Waals surface area contributed by atoms with Crippen LogP contribution >= 0.6 is 0 Å². The second kappa shape index (κ2) is 5.97. The van der Waals surface area contributed by atoms with Crippen molar-refractivity contribution in [2.24, 2.45) is 5.92 Å². The summed E-state index contributed by atoms with van der Waals surface area (Å²) in [5.41, 5.74) is 0.276. The molecule has 7 nitrogen and oxygen atoms in total. The first kappa shape index (κ1) is 16.8. The number of aromatic nitrogens is 1. The predicted molar refractivity (Wildman–Crippen MR) is 84.5 cm³/mol. The van der Waals surface area contributed by atoms with E-state index >= 15 is 0 Å². The van der Waals surface area contributed by atoms with Crippen molar-refractivity contribution in [2.45, 2.75) is 18.6 Å². The van der Waals surface area contributed by atoms with Gasteiger partial charge in [-0.15, -0.1) is 0 Å². The number of amides is 2. The van der Waals surface area contributed by atoms with Crippen LogP contribution in [0.25, 0.3) is 11.0 Å². The SMILES string of the molecule is O=C(NC1CN2CC[C@H]1C2)c1cc2oc(NC(=O)C(F)(F)F)cc2cn1. The minimum Gasteiger partial charge on any atom is -0.440 e. The van der Waals surface area contributed by atoms with Gasteiger partial charge < -0.3 is 14.6 Å². The zero-order chi connectivity index (χ0) is 18.5. The number of nitrogens with one attached hydrogen (secondary N) is 2. The van der Waals surface area contributed by atoms with Crippen molar-refractivity contribution in [3.05, 3.63) is 24.0 Å². The Hall–Kier alpha value is -2.62. The molecule has 26 heavy (non-hydrogen) atoms. The standard InChI is InChI=1S/C16H15F3N4O3/c17-16(18,19)15(25)22-13-3-9-5-20-10(4-12(9)26-13)14(24)21-11-7-23-2-1-8(11)6-23/h3-5,8,11H,1-2,6-7H2,(H,21,24)(H,22,25)/t8-,11?/m0/s1. The number of carbonyl (C=O) groups is 2. The van der Waals surface area contributed by atoms with Crippen LogP contribution in [-0.2, 0) is 4.79 Å². The first-order valence-corrected chi connectivity index (χ1v) is 8.10. The van der Waals surface area contributed by atoms with E-state index in [0.717, 1.165) is 26.1 Å². The molecule has 2 fully saturated rings. The van der Waals surface area contributed by atoms with E-state index < -0.39 is 12.1 Å². The Morgan fingerprint density at radius 3 is 2.73 bits per heavy atom. The van der Waals surface area contributed by atoms with E-state index in [1.54, 1.807) is 5.32 Å². The first-order chi connectivity index (χ1) is 12.3. The fraction of sp³-hybridized carbons (Fsp3) is 0.438. The van der Waals surface area contributed by atoms with Gasteiger partial charge in [0.05, 0.1) is 0 Å². The molecule has 3 atom stereocenters. The number of pyridine rings is 1. The summed E-state index contributed by atoms with van der Waals surface area (Å²) >= 11 is 0. The molecule has 138 valence electrons. The van der Waals surface area contributed by atoms with Gasteiger partial charge in [0.25, 0.3) is 5.91 Å². The van der Waals surface area contributed by atoms with Crippen LogP contribution in [-0.4, -0.2) is 53.6 Å². The van der Waals surface area contributed by atoms with Crippen molar-refractivity contribution in [3.8, 4) is 0 Å². The van der Waals surface area contributed by atoms with Crippen molar-refractivity contribution in [1.82, 2.24) is 15.2 Å². The van der Waals surface area contributed by atoms with Crippen molar-refractivity contribution in [1.29, 1.82) is 0 Å². The summed E-state index contributed by atoms with van der Waals surface area (Å²) in [6.45, 7) is 2.85. The molecule has 2 aliphatic heterocycles. The van der Waals surface area contributed by atoms with Crippen LogP contribution in [0.4, 0.5) is 19.1 Å². The van der Waals surface area contributed by atoms with E-state index in [0.29, 0.717) is 11.3 Å². The highest BCUT2D eigenvalue weighted by molar-refractivity contribution is 5.98. The van der Waals surface area contributed by atoms with Gasteiger partial charge in [0.1, 0.15) is 11.3 Å². The molecule has 2 amide bonds. The van der Waals surface area contributed by atoms with Gasteiger partial charge in [0, 0.05) is 42.8 Å². The van der Waals surface area contributed by atoms with Crippen molar-refractivity contribution in [3.63, 3.8) is 0 Å². The lowest BCUT2D eigenvalue weighted by atomic mass is 10.00. The Balaban J connectivity index is 1.48. The summed E-state index contributed by atoms with van der Waals surface area (Å²) in [5, 5.41) is 4.96. The van der Waals surface area contributed by atoms with Gasteiger partial charge >= 0.3 is 12.1 Å². The summed E-state index contributed by atoms with van der Waals surface area (Å²) in [7, 11) is 0. The van der Waals surface area contributed by atoms with Gasteiger partial charge in [-0.2, -0.15) is 13.2 Å². The Kier molecular flexibility index (Phi) is 3.87. The van der Waals surface area contributed by atoms with Crippen LogP contribution in [0.2, 0.25) is 0 Å². The number of halogens is 3. The number of piperidine rings is 1. The molecule has 0 spiro atoms. The Labute approximate surface area is 145 Å². The highest BCUT2D eigenvalue weighted by Crippen LogP contribution is 2.28. The lowest BCUT2D eigenvalue weighted by molar-refractivity contribution is -0.167. The molecule has 0 aliphatic carbocycles. The summed E-state index contributed by atoms with van der Waals surface area (Å²) in [5.74, 6) is -2.41. The number of nitrogens with zero attached hydrogens (tertiary/aromatic N) is 2. The van der Waals surface area contributed by atoms with Gasteiger partial charge in [0.15, 0.2) is 0 Å². The van der Waals surface area contributed by atoms with Crippen LogP contribution in [0, 0.1) is 5.92 Å². The maximum Gasteiger partial charge on any atom is 0.471 e. The zero-order valence-corrected chi connectivity index (χ0v) is 13.5. The maximum absolute atomic E-state index is 12.4. The number of hydrogen-bond acceptors (Lipinski definition) is 5. The molecule has 0 aromatic carbocycles. The van der Waals surface area contributed by atoms with Crippen LogP contribution in [0.1, 0.15) is 16.9 Å². The Morgan fingerprint density at radius 1 is 1.27 bits per heavy atom. The van der Waals surface area contributed by atoms with E-state index in [9.17, 15) is 22.8 Å². The van der Waals surface area contributed by atoms with Gasteiger partial charge in [-0.25, -0.2) is 0 Å². The molecule has 4 rings (SSSR count). The Bertz CT molecular complexity index is 879. The molecule has 2 aliphatic rings. The van der Waals surface area contributed by atoms with E-state index in [4.69, 9.17) is 4.42 Å². The van der Waals surface area contributed by atoms with Crippen molar-refractivity contribution >= 4 is 28.7 Å². The fourth-order valence-electron chi connectivity index (χ4n) is 3.49. The molecule has 2 saturated heterocycles. The van der Waals surface area contributed by atoms with E-state index in [1.807, 2.05) is 0 Å². The third kappa shape index (κ3) is 3.12. The molecule has 2 aromatic rings. The number of anilines is 1. The third-order valence-electron chi connectivity index (χ3n) is 4.78. The number of alkyl halides is 3. The minimum atomic E-state index is -5.01. The van der Waals surface area contributed by atoms with E-state index in [2.05, 4.69) is 15.2 Å². The Morgan fingerprint density at radius 2 is 2.08 bits per heavy atom. The minimum absolute atomic E-state index is 0.0759. The molecule has 0 saturated carbocycles. The second-order valence-electron chi connectivity index (χ2n) is 6.56. The fourth-order valence-corrected chi connectivity index (χ4v) is 3.49. The molecule has 10 heteroatoms. The summed E-state index contributed by atoms with van der Waals surface area (Å²) in [6.07, 6.45) is -2.64. The lowest BCUT2D eigenvalue weighted by Gasteiger charge is -2.22. The van der Waals surface area contributed by atoms with Gasteiger partial charge in [-0.05, 0) is 18.9 Å². The topological polar surface area (TPSA) is 87.5 Å². The zero-order valence-electron chi connectivity index (χ0n) is 13.5. The average Bonchev–Trinajstić information content (AvgIpc) is 3.27. The monoisotopic (exact) mass is 368 g/mol. The van der Waals surface area contributed by atoms with Gasteiger partial charge in [-0.3, -0.25) is 19.9 Å². The molecule has 4 heterocycles. The number of fused-ring (bicyclic) bond motifs is 3. The second-order valence-corrected chi connectivity index (χ2v) is 6.56. The van der Waals surface area contributed by atoms with Crippen LogP contribution in [0.3, 0.4) is 0 Å². The number of furan rings is 1. The van der Waals surface area contributed by atoms with Crippen LogP contribution in [0.15, 0.2) is 22.7 Å². The maximum atomic E-state index is 12.4. The lowest BCUT2D eigenvalue weighted by Crippen LogP contribution is -2.43. The highest BCUT2D eigenvalue weighted by atomic mass is 19.4. The smallest absolute Gasteiger partial charge is 0.440 e. The van der Waals surface area contributed by atoms with Gasteiger partial charge in [-0.1, -0.05) is 0 Å². The van der Waals surface area contributed by atoms with E-state index in [1.165, 1.54) is 18.3 Å². The molecule has 2 N–H and O–H groups in total. The van der Waals surface area contributed by atoms with Crippen molar-refractivity contribution < 1.29 is 27.2 Å². The average molecular weight is 368 g/mol. The third-order valence-corrected chi connectivity index (χ3v) is 4.78. The summed E-state index contributed by atoms with van der Waals surface area (Å²) in [6, 6.07) is 2.64. The first-order valence-electron chi connectivity index (χ1n) is 8.10. The number of hydrogen-bond donors (Lipinski definition) is 2. The number of rotatable bonds is 3. The quantitative estimate of drug-likeness (QED) is 0.862. The number of carbonyl (C=O) groups excluding carboxylic acids is 2. The van der Waals surface area contributed by atoms with Gasteiger partial charge in [0.2, 0.25) is 5.88 Å². The molecule has 2 bridgehead atoms. The normalized spacial score (nSPS) is 24.8. The molecule has 2 unspecified atom stereocenters. The molecular weight excluding hydrogens is 353 g/mol. The summed E-state index contributed by atoms with van der Waals surface area (Å²) < 4.78 is 42.1. The molecule has 2 aromatic heterocycles. The predicted octanol–water partition coefficient (Wildman–Crippen LogP) is 1.76. The molecule has 0 radical (unpaired) electrons. The summed E-state index contributed by atoms with van der Waals surface area (Å²) in [4.78, 5) is 29.7. The highest BCUT2D eigenvalue weighted by Gasteiger charge is 2.40. The largest absolute Gasteiger partial charge is 0.471 e.